The van der Waals surface area contributed by atoms with Gasteiger partial charge in [-0.15, -0.1) is 0 Å². The number of halogens is 1. The van der Waals surface area contributed by atoms with E-state index in [1.807, 2.05) is 60.5 Å². The third-order valence-electron chi connectivity index (χ3n) is 5.46. The normalized spacial score (nSPS) is 16.1. The van der Waals surface area contributed by atoms with Gasteiger partial charge in [-0.1, -0.05) is 48.5 Å². The molecular weight excluding hydrogens is 426 g/mol. The predicted molar refractivity (Wildman–Crippen MR) is 131 cm³/mol. The van der Waals surface area contributed by atoms with Gasteiger partial charge in [-0.25, -0.2) is 4.99 Å². The second-order valence-electron chi connectivity index (χ2n) is 7.44. The van der Waals surface area contributed by atoms with Crippen molar-refractivity contribution in [2.45, 2.75) is 6.29 Å². The Labute approximate surface area is 189 Å². The molecule has 1 aliphatic heterocycles. The maximum atomic E-state index is 10.2. The maximum Gasteiger partial charge on any atom is 0.224 e. The minimum Gasteiger partial charge on any atom is -0.507 e. The van der Waals surface area contributed by atoms with E-state index in [1.165, 1.54) is 0 Å². The van der Waals surface area contributed by atoms with Crippen molar-refractivity contribution in [3.8, 4) is 11.5 Å². The number of phenols is 2. The number of aliphatic imine (C=N–C) groups is 2. The number of amidine groups is 1. The second-order valence-corrected chi connectivity index (χ2v) is 7.78. The first-order valence-electron chi connectivity index (χ1n) is 10.0. The monoisotopic (exact) mass is 445 g/mol. The molecule has 4 N–H and O–H groups in total. The van der Waals surface area contributed by atoms with E-state index in [-0.39, 0.29) is 16.8 Å². The summed E-state index contributed by atoms with van der Waals surface area (Å²) in [6.07, 6.45) is -0.529. The molecule has 0 spiro atoms. The number of nitrogens with one attached hydrogen (secondary N) is 2. The van der Waals surface area contributed by atoms with E-state index >= 15 is 0 Å². The minimum atomic E-state index is -0.529. The van der Waals surface area contributed by atoms with Crippen molar-refractivity contribution in [3.05, 3.63) is 72.8 Å². The van der Waals surface area contributed by atoms with Crippen LogP contribution in [0.5, 0.6) is 11.5 Å². The number of hydrogen-bond acceptors (Lipinski definition) is 7. The topological polar surface area (TPSA) is 92.5 Å². The van der Waals surface area contributed by atoms with Gasteiger partial charge in [-0.05, 0) is 35.9 Å². The Morgan fingerprint density at radius 3 is 1.97 bits per heavy atom. The van der Waals surface area contributed by atoms with Crippen molar-refractivity contribution in [1.29, 1.82) is 0 Å². The van der Waals surface area contributed by atoms with Crippen LogP contribution in [0.1, 0.15) is 0 Å². The molecule has 0 saturated heterocycles. The lowest BCUT2D eigenvalue weighted by Gasteiger charge is -2.32. The standard InChI is InChI=1S/C24H20ClN5O2/c1-30-23(26-18-10-2-8-16-14(18)6-4-12-20(16)31)28-22(25)29-24(30)27-19-11-3-9-17-15(19)7-5-13-21(17)32/h2-13,23,26,31-32H,1H3,(H,27,28,29). The molecule has 0 bridgehead atoms. The average Bonchev–Trinajstić information content (AvgIpc) is 2.78. The molecule has 8 heteroatoms. The summed E-state index contributed by atoms with van der Waals surface area (Å²) in [6, 6.07) is 22.0. The fraction of sp³-hybridized carbons (Fsp3) is 0.0833. The van der Waals surface area contributed by atoms with Crippen molar-refractivity contribution < 1.29 is 10.2 Å². The Balaban J connectivity index is 1.46. The maximum absolute atomic E-state index is 10.2. The number of nitrogens with zero attached hydrogens (tertiary/aromatic N) is 3. The molecule has 0 fully saturated rings. The molecule has 5 rings (SSSR count). The van der Waals surface area contributed by atoms with E-state index in [1.54, 1.807) is 24.3 Å². The fourth-order valence-electron chi connectivity index (χ4n) is 3.82. The van der Waals surface area contributed by atoms with Gasteiger partial charge in [0.2, 0.25) is 17.5 Å². The lowest BCUT2D eigenvalue weighted by atomic mass is 10.1. The first kappa shape index (κ1) is 20.0. The van der Waals surface area contributed by atoms with Crippen molar-refractivity contribution >= 4 is 55.8 Å². The highest BCUT2D eigenvalue weighted by molar-refractivity contribution is 6.65. The smallest absolute Gasteiger partial charge is 0.224 e. The molecule has 160 valence electrons. The molecule has 7 nitrogen and oxygen atoms in total. The SMILES string of the molecule is CN1C(Nc2cccc3c(O)cccc23)=NC(Cl)=NC1Nc1cccc2c(O)cccc12. The fourth-order valence-corrected chi connectivity index (χ4v) is 4.00. The first-order chi connectivity index (χ1) is 15.5. The molecule has 1 heterocycles. The highest BCUT2D eigenvalue weighted by Crippen LogP contribution is 2.32. The predicted octanol–water partition coefficient (Wildman–Crippen LogP) is 5.11. The first-order valence-corrected chi connectivity index (χ1v) is 10.4. The van der Waals surface area contributed by atoms with E-state index in [2.05, 4.69) is 20.6 Å². The van der Waals surface area contributed by atoms with Gasteiger partial charge in [0.25, 0.3) is 0 Å². The zero-order valence-corrected chi connectivity index (χ0v) is 17.9. The number of phenolic OH excluding ortho intramolecular Hbond substituents is 2. The van der Waals surface area contributed by atoms with Crippen LogP contribution in [-0.2, 0) is 0 Å². The Morgan fingerprint density at radius 1 is 0.781 bits per heavy atom. The van der Waals surface area contributed by atoms with Gasteiger partial charge in [-0.3, -0.25) is 0 Å². The van der Waals surface area contributed by atoms with Crippen LogP contribution < -0.4 is 10.6 Å². The summed E-state index contributed by atoms with van der Waals surface area (Å²) < 4.78 is 0. The number of rotatable bonds is 3. The van der Waals surface area contributed by atoms with Crippen LogP contribution >= 0.6 is 11.6 Å². The molecule has 0 radical (unpaired) electrons. The zero-order chi connectivity index (χ0) is 22.2. The van der Waals surface area contributed by atoms with Gasteiger partial charge in [0.05, 0.1) is 0 Å². The van der Waals surface area contributed by atoms with Crippen LogP contribution in [0.15, 0.2) is 82.8 Å². The summed E-state index contributed by atoms with van der Waals surface area (Å²) in [7, 11) is 1.85. The lowest BCUT2D eigenvalue weighted by molar-refractivity contribution is 0.407. The van der Waals surface area contributed by atoms with Crippen LogP contribution in [0.2, 0.25) is 0 Å². The second kappa shape index (κ2) is 7.94. The number of anilines is 2. The van der Waals surface area contributed by atoms with Crippen LogP contribution in [0.25, 0.3) is 21.5 Å². The van der Waals surface area contributed by atoms with E-state index in [9.17, 15) is 10.2 Å². The third kappa shape index (κ3) is 3.52. The number of fused-ring (bicyclic) bond motifs is 2. The molecule has 32 heavy (non-hydrogen) atoms. The molecule has 0 saturated carbocycles. The molecule has 0 aromatic heterocycles. The Morgan fingerprint density at radius 2 is 1.31 bits per heavy atom. The summed E-state index contributed by atoms with van der Waals surface area (Å²) in [5, 5.41) is 30.3. The molecule has 1 atom stereocenters. The largest absolute Gasteiger partial charge is 0.507 e. The minimum absolute atomic E-state index is 0.106. The molecule has 1 unspecified atom stereocenters. The molecule has 0 amide bonds. The summed E-state index contributed by atoms with van der Waals surface area (Å²) in [5.74, 6) is 0.928. The van der Waals surface area contributed by atoms with Crippen LogP contribution in [-0.4, -0.2) is 39.7 Å². The van der Waals surface area contributed by atoms with E-state index in [0.29, 0.717) is 5.96 Å². The Kier molecular flexibility index (Phi) is 4.95. The van der Waals surface area contributed by atoms with Gasteiger partial charge in [-0.2, -0.15) is 4.99 Å². The Bertz CT molecular complexity index is 1400. The molecule has 1 aliphatic rings. The molecular formula is C24H20ClN5O2. The zero-order valence-electron chi connectivity index (χ0n) is 17.1. The summed E-state index contributed by atoms with van der Waals surface area (Å²) in [6.45, 7) is 0. The van der Waals surface area contributed by atoms with E-state index < -0.39 is 6.29 Å². The molecule has 0 aliphatic carbocycles. The van der Waals surface area contributed by atoms with Crippen molar-refractivity contribution in [2.75, 3.05) is 17.7 Å². The summed E-state index contributed by atoms with van der Waals surface area (Å²) in [5.41, 5.74) is 1.59. The quantitative estimate of drug-likeness (QED) is 0.329. The van der Waals surface area contributed by atoms with Crippen molar-refractivity contribution in [3.63, 3.8) is 0 Å². The number of guanidine groups is 1. The highest BCUT2D eigenvalue weighted by atomic mass is 35.5. The summed E-state index contributed by atoms with van der Waals surface area (Å²) >= 11 is 6.27. The van der Waals surface area contributed by atoms with Crippen LogP contribution in [0.3, 0.4) is 0 Å². The van der Waals surface area contributed by atoms with Gasteiger partial charge < -0.3 is 25.7 Å². The van der Waals surface area contributed by atoms with Crippen molar-refractivity contribution in [2.24, 2.45) is 9.98 Å². The summed E-state index contributed by atoms with van der Waals surface area (Å²) in [4.78, 5) is 10.6. The van der Waals surface area contributed by atoms with Crippen LogP contribution in [0.4, 0.5) is 11.4 Å². The van der Waals surface area contributed by atoms with E-state index in [4.69, 9.17) is 11.6 Å². The molecule has 4 aromatic carbocycles. The number of aromatic hydroxyl groups is 2. The number of benzene rings is 4. The van der Waals surface area contributed by atoms with Gasteiger partial charge in [0.15, 0.2) is 0 Å². The number of hydrogen-bond donors (Lipinski definition) is 4. The van der Waals surface area contributed by atoms with Gasteiger partial charge in [0, 0.05) is 40.0 Å². The van der Waals surface area contributed by atoms with Crippen molar-refractivity contribution in [1.82, 2.24) is 4.90 Å². The average molecular weight is 446 g/mol. The highest BCUT2D eigenvalue weighted by Gasteiger charge is 2.24. The lowest BCUT2D eigenvalue weighted by Crippen LogP contribution is -2.47. The van der Waals surface area contributed by atoms with Crippen LogP contribution in [0, 0.1) is 0 Å². The third-order valence-corrected chi connectivity index (χ3v) is 5.64. The van der Waals surface area contributed by atoms with Gasteiger partial charge >= 0.3 is 0 Å². The van der Waals surface area contributed by atoms with E-state index in [0.717, 1.165) is 32.9 Å². The Hall–Kier alpha value is -3.97. The van der Waals surface area contributed by atoms with Gasteiger partial charge in [0.1, 0.15) is 11.5 Å². The molecule has 4 aromatic rings.